The number of nitrogens with one attached hydrogen (secondary N) is 1. The van der Waals surface area contributed by atoms with Crippen molar-refractivity contribution in [3.63, 3.8) is 0 Å². The molecule has 0 atom stereocenters. The number of amides is 1. The zero-order chi connectivity index (χ0) is 15.7. The molecule has 0 aliphatic rings. The summed E-state index contributed by atoms with van der Waals surface area (Å²) in [7, 11) is 0. The molecule has 1 amide bonds. The minimum atomic E-state index is -0.0156. The summed E-state index contributed by atoms with van der Waals surface area (Å²) in [6, 6.07) is 7.16. The fourth-order valence-electron chi connectivity index (χ4n) is 1.97. The highest BCUT2D eigenvalue weighted by molar-refractivity contribution is 7.80. The number of hydrogen-bond acceptors (Lipinski definition) is 4. The molecule has 0 unspecified atom stereocenters. The fraction of sp³-hybridized carbons (Fsp3) is 0.467. The van der Waals surface area contributed by atoms with Crippen molar-refractivity contribution in [2.45, 2.75) is 19.8 Å². The third-order valence-corrected chi connectivity index (χ3v) is 3.43. The molecule has 116 valence electrons. The molecule has 4 N–H and O–H groups in total. The van der Waals surface area contributed by atoms with Crippen LogP contribution >= 0.6 is 12.2 Å². The van der Waals surface area contributed by atoms with Crippen LogP contribution in [0.5, 0.6) is 0 Å². The normalized spacial score (nSPS) is 10.6. The first-order chi connectivity index (χ1) is 10.1. The lowest BCUT2D eigenvalue weighted by atomic mass is 10.2. The lowest BCUT2D eigenvalue weighted by Gasteiger charge is -2.18. The molecule has 1 aromatic carbocycles. The lowest BCUT2D eigenvalue weighted by molar-refractivity contribution is -0.116. The second-order valence-corrected chi connectivity index (χ2v) is 5.19. The van der Waals surface area contributed by atoms with Gasteiger partial charge in [-0.05, 0) is 43.8 Å². The second kappa shape index (κ2) is 9.44. The first-order valence-electron chi connectivity index (χ1n) is 7.09. The van der Waals surface area contributed by atoms with E-state index in [-0.39, 0.29) is 12.5 Å². The Morgan fingerprint density at radius 1 is 1.33 bits per heavy atom. The maximum absolute atomic E-state index is 11.8. The third-order valence-electron chi connectivity index (χ3n) is 3.19. The molecule has 0 spiro atoms. The van der Waals surface area contributed by atoms with Crippen molar-refractivity contribution in [2.24, 2.45) is 5.73 Å². The number of hydrogen-bond donors (Lipinski definition) is 3. The molecule has 0 saturated carbocycles. The number of benzene rings is 1. The summed E-state index contributed by atoms with van der Waals surface area (Å²) >= 11 is 4.88. The summed E-state index contributed by atoms with van der Waals surface area (Å²) in [6.07, 6.45) is 1.23. The van der Waals surface area contributed by atoms with E-state index < -0.39 is 0 Å². The molecule has 0 bridgehead atoms. The number of aliphatic hydroxyl groups is 1. The number of nitrogens with zero attached hydrogens (tertiary/aromatic N) is 1. The summed E-state index contributed by atoms with van der Waals surface area (Å²) in [5.41, 5.74) is 7.04. The van der Waals surface area contributed by atoms with Gasteiger partial charge in [0.25, 0.3) is 0 Å². The van der Waals surface area contributed by atoms with Crippen LogP contribution in [0.3, 0.4) is 0 Å². The molecule has 0 fully saturated rings. The average molecular weight is 309 g/mol. The van der Waals surface area contributed by atoms with E-state index >= 15 is 0 Å². The number of anilines is 1. The van der Waals surface area contributed by atoms with Crippen molar-refractivity contribution in [1.82, 2.24) is 4.90 Å². The molecule has 1 aromatic rings. The van der Waals surface area contributed by atoms with E-state index in [9.17, 15) is 4.79 Å². The van der Waals surface area contributed by atoms with Gasteiger partial charge in [0.15, 0.2) is 0 Å². The van der Waals surface area contributed by atoms with Crippen LogP contribution in [0, 0.1) is 0 Å². The summed E-state index contributed by atoms with van der Waals surface area (Å²) in [4.78, 5) is 14.3. The molecule has 0 aliphatic heterocycles. The van der Waals surface area contributed by atoms with Crippen molar-refractivity contribution in [1.29, 1.82) is 0 Å². The fourth-order valence-corrected chi connectivity index (χ4v) is 2.11. The van der Waals surface area contributed by atoms with Gasteiger partial charge < -0.3 is 21.1 Å². The van der Waals surface area contributed by atoms with Crippen molar-refractivity contribution < 1.29 is 9.90 Å². The largest absolute Gasteiger partial charge is 0.395 e. The summed E-state index contributed by atoms with van der Waals surface area (Å²) in [6.45, 7) is 4.53. The van der Waals surface area contributed by atoms with E-state index in [2.05, 4.69) is 10.2 Å². The van der Waals surface area contributed by atoms with Crippen LogP contribution in [0.1, 0.15) is 25.3 Å². The van der Waals surface area contributed by atoms with Gasteiger partial charge in [0.2, 0.25) is 5.91 Å². The Morgan fingerprint density at radius 3 is 2.52 bits per heavy atom. The maximum Gasteiger partial charge on any atom is 0.224 e. The predicted octanol–water partition coefficient (Wildman–Crippen LogP) is 1.35. The molecule has 0 aromatic heterocycles. The van der Waals surface area contributed by atoms with E-state index in [1.807, 2.05) is 6.92 Å². The van der Waals surface area contributed by atoms with E-state index in [4.69, 9.17) is 23.1 Å². The van der Waals surface area contributed by atoms with Crippen LogP contribution < -0.4 is 11.1 Å². The Hall–Kier alpha value is -1.50. The van der Waals surface area contributed by atoms with Gasteiger partial charge in [0.05, 0.1) is 6.61 Å². The Balaban J connectivity index is 2.34. The Bertz CT molecular complexity index is 462. The second-order valence-electron chi connectivity index (χ2n) is 4.75. The molecule has 21 heavy (non-hydrogen) atoms. The molecule has 0 heterocycles. The number of thiocarbonyl (C=S) groups is 1. The molecule has 6 heteroatoms. The Labute approximate surface area is 131 Å². The highest BCUT2D eigenvalue weighted by atomic mass is 32.1. The lowest BCUT2D eigenvalue weighted by Crippen LogP contribution is -2.28. The van der Waals surface area contributed by atoms with Gasteiger partial charge in [-0.25, -0.2) is 0 Å². The maximum atomic E-state index is 11.8. The first kappa shape index (κ1) is 17.6. The number of carbonyl (C=O) groups excluding carboxylic acids is 1. The van der Waals surface area contributed by atoms with Gasteiger partial charge in [-0.3, -0.25) is 4.79 Å². The van der Waals surface area contributed by atoms with E-state index in [1.54, 1.807) is 24.3 Å². The number of likely N-dealkylation sites (N-methyl/N-ethyl adjacent to an activating group) is 1. The minimum absolute atomic E-state index is 0.0156. The quantitative estimate of drug-likeness (QED) is 0.600. The van der Waals surface area contributed by atoms with Crippen LogP contribution in [0.4, 0.5) is 5.69 Å². The van der Waals surface area contributed by atoms with Crippen LogP contribution in [0.2, 0.25) is 0 Å². The van der Waals surface area contributed by atoms with Crippen molar-refractivity contribution in [3.05, 3.63) is 29.8 Å². The molecule has 5 nitrogen and oxygen atoms in total. The number of carbonyl (C=O) groups is 1. The van der Waals surface area contributed by atoms with Gasteiger partial charge >= 0.3 is 0 Å². The van der Waals surface area contributed by atoms with E-state index in [1.165, 1.54) is 0 Å². The summed E-state index contributed by atoms with van der Waals surface area (Å²) < 4.78 is 0. The molecular formula is C15H23N3O2S. The van der Waals surface area contributed by atoms with Crippen molar-refractivity contribution in [3.8, 4) is 0 Å². The summed E-state index contributed by atoms with van der Waals surface area (Å²) in [5.74, 6) is -0.0156. The predicted molar refractivity (Wildman–Crippen MR) is 89.4 cm³/mol. The molecule has 0 saturated heterocycles. The monoisotopic (exact) mass is 309 g/mol. The molecule has 0 radical (unpaired) electrons. The van der Waals surface area contributed by atoms with Crippen molar-refractivity contribution >= 4 is 28.8 Å². The first-order valence-corrected chi connectivity index (χ1v) is 7.50. The van der Waals surface area contributed by atoms with Crippen LogP contribution in [-0.2, 0) is 4.79 Å². The van der Waals surface area contributed by atoms with Crippen LogP contribution in [0.15, 0.2) is 24.3 Å². The van der Waals surface area contributed by atoms with Gasteiger partial charge in [0.1, 0.15) is 4.99 Å². The third kappa shape index (κ3) is 6.66. The van der Waals surface area contributed by atoms with E-state index in [0.29, 0.717) is 18.0 Å². The SMILES string of the molecule is CCN(CCO)CCCC(=O)Nc1ccc(C(N)=S)cc1. The van der Waals surface area contributed by atoms with Crippen LogP contribution in [-0.4, -0.2) is 47.1 Å². The Kier molecular flexibility index (Phi) is 7.89. The van der Waals surface area contributed by atoms with Crippen molar-refractivity contribution in [2.75, 3.05) is 31.6 Å². The standard InChI is InChI=1S/C15H23N3O2S/c1-2-18(10-11-19)9-3-4-14(20)17-13-7-5-12(6-8-13)15(16)21/h5-8,19H,2-4,9-11H2,1H3,(H2,16,21)(H,17,20). The molecular weight excluding hydrogens is 286 g/mol. The van der Waals surface area contributed by atoms with Gasteiger partial charge in [-0.2, -0.15) is 0 Å². The molecule has 1 rings (SSSR count). The molecule has 0 aliphatic carbocycles. The van der Waals surface area contributed by atoms with Gasteiger partial charge in [-0.15, -0.1) is 0 Å². The number of rotatable bonds is 9. The van der Waals surface area contributed by atoms with Gasteiger partial charge in [0, 0.05) is 24.2 Å². The Morgan fingerprint density at radius 2 is 2.00 bits per heavy atom. The topological polar surface area (TPSA) is 78.6 Å². The highest BCUT2D eigenvalue weighted by Gasteiger charge is 2.06. The van der Waals surface area contributed by atoms with E-state index in [0.717, 1.165) is 30.8 Å². The summed E-state index contributed by atoms with van der Waals surface area (Å²) in [5, 5.41) is 11.7. The number of nitrogens with two attached hydrogens (primary N) is 1. The zero-order valence-electron chi connectivity index (χ0n) is 12.3. The average Bonchev–Trinajstić information content (AvgIpc) is 2.46. The van der Waals surface area contributed by atoms with Crippen LogP contribution in [0.25, 0.3) is 0 Å². The zero-order valence-corrected chi connectivity index (χ0v) is 13.2. The smallest absolute Gasteiger partial charge is 0.224 e. The highest BCUT2D eigenvalue weighted by Crippen LogP contribution is 2.10. The van der Waals surface area contributed by atoms with Gasteiger partial charge in [-0.1, -0.05) is 19.1 Å². The minimum Gasteiger partial charge on any atom is -0.395 e. The number of aliphatic hydroxyl groups excluding tert-OH is 1.